The van der Waals surface area contributed by atoms with Gasteiger partial charge in [-0.25, -0.2) is 4.79 Å². The van der Waals surface area contributed by atoms with Crippen molar-refractivity contribution in [1.29, 1.82) is 0 Å². The fourth-order valence-corrected chi connectivity index (χ4v) is 6.22. The number of esters is 1. The number of aryl methyl sites for hydroxylation is 2. The van der Waals surface area contributed by atoms with Crippen molar-refractivity contribution in [2.24, 2.45) is 5.41 Å². The van der Waals surface area contributed by atoms with Gasteiger partial charge in [-0.15, -0.1) is 0 Å². The van der Waals surface area contributed by atoms with Gasteiger partial charge in [-0.2, -0.15) is 0 Å². The summed E-state index contributed by atoms with van der Waals surface area (Å²) in [5.74, 6) is -6.58. The number of amides is 4. The molecular formula is C39H49N5O12. The van der Waals surface area contributed by atoms with Crippen LogP contribution in [-0.2, 0) is 39.9 Å². The number of aromatic hydroxyl groups is 1. The van der Waals surface area contributed by atoms with Crippen molar-refractivity contribution < 1.29 is 53.4 Å². The van der Waals surface area contributed by atoms with Crippen molar-refractivity contribution in [2.75, 3.05) is 13.2 Å². The Morgan fingerprint density at radius 3 is 2.21 bits per heavy atom. The summed E-state index contributed by atoms with van der Waals surface area (Å²) < 4.78 is 5.21. The topological polar surface area (TPSA) is 252 Å². The van der Waals surface area contributed by atoms with Gasteiger partial charge in [0.15, 0.2) is 18.1 Å². The summed E-state index contributed by atoms with van der Waals surface area (Å²) in [6.45, 7) is 10.9. The molecule has 2 aromatic carbocycles. The molecule has 17 nitrogen and oxygen atoms in total. The molecule has 302 valence electrons. The van der Waals surface area contributed by atoms with Crippen molar-refractivity contribution >= 4 is 47.0 Å². The van der Waals surface area contributed by atoms with Crippen molar-refractivity contribution in [3.05, 3.63) is 80.0 Å². The highest BCUT2D eigenvalue weighted by Crippen LogP contribution is 2.28. The van der Waals surface area contributed by atoms with E-state index in [0.29, 0.717) is 29.5 Å². The zero-order valence-corrected chi connectivity index (χ0v) is 32.5. The van der Waals surface area contributed by atoms with Gasteiger partial charge in [0.2, 0.25) is 17.7 Å². The highest BCUT2D eigenvalue weighted by atomic mass is 16.6. The Hall–Kier alpha value is -6.13. The van der Waals surface area contributed by atoms with Gasteiger partial charge < -0.3 is 35.8 Å². The Bertz CT molecular complexity index is 1910. The summed E-state index contributed by atoms with van der Waals surface area (Å²) in [5, 5.41) is 38.1. The van der Waals surface area contributed by atoms with Gasteiger partial charge in [0, 0.05) is 12.6 Å². The number of hydrogen-bond donors (Lipinski definition) is 5. The highest BCUT2D eigenvalue weighted by molar-refractivity contribution is 6.02. The van der Waals surface area contributed by atoms with Crippen LogP contribution in [0.1, 0.15) is 87.4 Å². The number of nitrogens with one attached hydrogen (secondary N) is 3. The van der Waals surface area contributed by atoms with Crippen LogP contribution in [0.4, 0.5) is 5.69 Å². The summed E-state index contributed by atoms with van der Waals surface area (Å²) in [6, 6.07) is 4.63. The molecule has 0 radical (unpaired) electrons. The first-order valence-electron chi connectivity index (χ1n) is 18.0. The SMILES string of the molecule is CC(C)=C(NC(=O)Cc1ccc(O)c([N+](=O)[O-])c1)C(=O)NC(C(=O)N1CCCCC1C(=O)N[C@@H](CC(=O)O)C(=O)COC(=O)c1c(C)cccc1C)C(C)(C)C. The molecule has 1 saturated heterocycles. The number of allylic oxidation sites excluding steroid dienone is 1. The lowest BCUT2D eigenvalue weighted by Crippen LogP contribution is -2.62. The quantitative estimate of drug-likeness (QED) is 0.0757. The van der Waals surface area contributed by atoms with Gasteiger partial charge in [-0.05, 0) is 80.7 Å². The van der Waals surface area contributed by atoms with Gasteiger partial charge in [-0.1, -0.05) is 45.0 Å². The molecule has 17 heteroatoms. The van der Waals surface area contributed by atoms with E-state index in [1.54, 1.807) is 66.7 Å². The van der Waals surface area contributed by atoms with Crippen LogP contribution in [-0.4, -0.2) is 92.7 Å². The summed E-state index contributed by atoms with van der Waals surface area (Å²) in [6.07, 6.45) is 0.0160. The number of carbonyl (C=O) groups excluding carboxylic acids is 6. The van der Waals surface area contributed by atoms with Gasteiger partial charge >= 0.3 is 17.6 Å². The molecule has 2 unspecified atom stereocenters. The van der Waals surface area contributed by atoms with Crippen LogP contribution >= 0.6 is 0 Å². The lowest BCUT2D eigenvalue weighted by Gasteiger charge is -2.40. The van der Waals surface area contributed by atoms with Crippen LogP contribution in [0.2, 0.25) is 0 Å². The molecule has 56 heavy (non-hydrogen) atoms. The summed E-state index contributed by atoms with van der Waals surface area (Å²) in [5.41, 5.74) is 0.363. The number of benzene rings is 2. The average molecular weight is 780 g/mol. The number of carbonyl (C=O) groups is 7. The molecular weight excluding hydrogens is 730 g/mol. The number of carboxylic acid groups (broad SMARTS) is 1. The molecule has 0 aromatic heterocycles. The zero-order valence-electron chi connectivity index (χ0n) is 32.5. The normalized spacial score (nSPS) is 15.1. The number of nitrogens with zero attached hydrogens (tertiary/aromatic N) is 2. The van der Waals surface area contributed by atoms with Crippen LogP contribution in [0, 0.1) is 29.4 Å². The summed E-state index contributed by atoms with van der Waals surface area (Å²) >= 11 is 0. The third kappa shape index (κ3) is 11.7. The Morgan fingerprint density at radius 1 is 1.00 bits per heavy atom. The van der Waals surface area contributed by atoms with Crippen LogP contribution in [0.5, 0.6) is 5.75 Å². The summed E-state index contributed by atoms with van der Waals surface area (Å²) in [4.78, 5) is 104. The fraction of sp³-hybridized carbons (Fsp3) is 0.462. The highest BCUT2D eigenvalue weighted by Gasteiger charge is 2.42. The molecule has 1 heterocycles. The maximum Gasteiger partial charge on any atom is 0.339 e. The van der Waals surface area contributed by atoms with E-state index in [9.17, 15) is 53.9 Å². The second-order valence-corrected chi connectivity index (χ2v) is 15.0. The number of phenolic OH excluding ortho intramolecular Hbond substituents is 1. The molecule has 3 atom stereocenters. The molecule has 4 amide bonds. The third-order valence-electron chi connectivity index (χ3n) is 9.18. The molecule has 1 fully saturated rings. The van der Waals surface area contributed by atoms with Crippen LogP contribution in [0.3, 0.4) is 0 Å². The standard InChI is InChI=1S/C39H49N5O12/c1-21(2)33(41-30(47)18-24-14-15-28(45)27(17-24)44(54)55)36(51)42-34(39(5,6)7)37(52)43-16-9-8-13-26(43)35(50)40-25(19-31(48)49)29(46)20-56-38(53)32-22(3)11-10-12-23(32)4/h10-12,14-15,17,25-26,34,45H,8-9,13,16,18-20H2,1-7H3,(H,40,50)(H,41,47)(H,42,51)(H,48,49)/t25-,26?,34?/m0/s1. The van der Waals surface area contributed by atoms with E-state index in [4.69, 9.17) is 4.74 Å². The number of phenols is 1. The Balaban J connectivity index is 1.77. The number of carboxylic acids is 1. The third-order valence-corrected chi connectivity index (χ3v) is 9.18. The molecule has 0 saturated carbocycles. The molecule has 5 N–H and O–H groups in total. The van der Waals surface area contributed by atoms with Crippen LogP contribution < -0.4 is 16.0 Å². The van der Waals surface area contributed by atoms with E-state index < -0.39 is 94.3 Å². The number of likely N-dealkylation sites (tertiary alicyclic amines) is 1. The second kappa shape index (κ2) is 19.0. The van der Waals surface area contributed by atoms with E-state index in [-0.39, 0.29) is 36.2 Å². The van der Waals surface area contributed by atoms with E-state index in [1.807, 2.05) is 0 Å². The largest absolute Gasteiger partial charge is 0.502 e. The van der Waals surface area contributed by atoms with Crippen LogP contribution in [0.15, 0.2) is 47.7 Å². The lowest BCUT2D eigenvalue weighted by atomic mass is 9.84. The smallest absolute Gasteiger partial charge is 0.339 e. The van der Waals surface area contributed by atoms with E-state index in [0.717, 1.165) is 12.1 Å². The maximum atomic E-state index is 14.3. The fourth-order valence-electron chi connectivity index (χ4n) is 6.22. The number of rotatable bonds is 15. The number of hydrogen-bond acceptors (Lipinski definition) is 11. The number of aliphatic carboxylic acids is 1. The minimum absolute atomic E-state index is 0.106. The van der Waals surface area contributed by atoms with Gasteiger partial charge in [0.1, 0.15) is 23.8 Å². The van der Waals surface area contributed by atoms with Gasteiger partial charge in [0.25, 0.3) is 5.91 Å². The Kier molecular flexibility index (Phi) is 15.0. The molecule has 0 bridgehead atoms. The number of ether oxygens (including phenoxy) is 1. The van der Waals surface area contributed by atoms with E-state index >= 15 is 0 Å². The molecule has 3 rings (SSSR count). The Labute approximate surface area is 324 Å². The first-order chi connectivity index (χ1) is 26.1. The lowest BCUT2D eigenvalue weighted by molar-refractivity contribution is -0.385. The monoisotopic (exact) mass is 779 g/mol. The molecule has 0 aliphatic carbocycles. The second-order valence-electron chi connectivity index (χ2n) is 15.0. The van der Waals surface area contributed by atoms with E-state index in [2.05, 4.69) is 16.0 Å². The molecule has 2 aromatic rings. The minimum atomic E-state index is -1.58. The zero-order chi connectivity index (χ0) is 42.1. The van der Waals surface area contributed by atoms with Crippen molar-refractivity contribution in [3.8, 4) is 5.75 Å². The molecule has 0 spiro atoms. The number of nitro benzene ring substituents is 1. The first-order valence-corrected chi connectivity index (χ1v) is 18.0. The number of Topliss-reactive ketones (excluding diaryl/α,β-unsaturated/α-hetero) is 1. The predicted octanol–water partition coefficient (Wildman–Crippen LogP) is 3.17. The van der Waals surface area contributed by atoms with Crippen molar-refractivity contribution in [2.45, 2.75) is 98.7 Å². The predicted molar refractivity (Wildman–Crippen MR) is 201 cm³/mol. The minimum Gasteiger partial charge on any atom is -0.502 e. The first kappa shape index (κ1) is 44.3. The number of ketones is 1. The Morgan fingerprint density at radius 2 is 1.64 bits per heavy atom. The number of nitro groups is 1. The maximum absolute atomic E-state index is 14.3. The number of piperidine rings is 1. The molecule has 1 aliphatic heterocycles. The van der Waals surface area contributed by atoms with Crippen molar-refractivity contribution in [3.63, 3.8) is 0 Å². The van der Waals surface area contributed by atoms with Gasteiger partial charge in [-0.3, -0.25) is 38.9 Å². The van der Waals surface area contributed by atoms with Gasteiger partial charge in [0.05, 0.1) is 23.3 Å². The van der Waals surface area contributed by atoms with E-state index in [1.165, 1.54) is 11.0 Å². The summed E-state index contributed by atoms with van der Waals surface area (Å²) in [7, 11) is 0. The van der Waals surface area contributed by atoms with Crippen LogP contribution in [0.25, 0.3) is 0 Å². The van der Waals surface area contributed by atoms with Crippen molar-refractivity contribution in [1.82, 2.24) is 20.9 Å². The molecule has 1 aliphatic rings. The average Bonchev–Trinajstić information content (AvgIpc) is 3.10.